The van der Waals surface area contributed by atoms with Crippen molar-refractivity contribution in [3.8, 4) is 5.75 Å². The zero-order valence-electron chi connectivity index (χ0n) is 15.1. The summed E-state index contributed by atoms with van der Waals surface area (Å²) in [4.78, 5) is 24.8. The Kier molecular flexibility index (Phi) is 6.83. The zero-order chi connectivity index (χ0) is 19.9. The van der Waals surface area contributed by atoms with Crippen molar-refractivity contribution in [3.05, 3.63) is 64.0 Å². The highest BCUT2D eigenvalue weighted by molar-refractivity contribution is 7.99. The lowest BCUT2D eigenvalue weighted by Crippen LogP contribution is -2.32. The van der Waals surface area contributed by atoms with Crippen LogP contribution in [0, 0.1) is 15.9 Å². The molecule has 1 amide bonds. The highest BCUT2D eigenvalue weighted by Gasteiger charge is 2.17. The van der Waals surface area contributed by atoms with E-state index in [-0.39, 0.29) is 5.75 Å². The van der Waals surface area contributed by atoms with Crippen LogP contribution in [0.3, 0.4) is 0 Å². The van der Waals surface area contributed by atoms with Crippen molar-refractivity contribution < 1.29 is 18.8 Å². The van der Waals surface area contributed by atoms with Crippen LogP contribution in [0.5, 0.6) is 5.75 Å². The van der Waals surface area contributed by atoms with E-state index in [0.717, 1.165) is 54.9 Å². The Bertz CT molecular complexity index is 859. The Labute approximate surface area is 166 Å². The molecule has 0 aromatic heterocycles. The summed E-state index contributed by atoms with van der Waals surface area (Å²) in [7, 11) is 0. The summed E-state index contributed by atoms with van der Waals surface area (Å²) in [5.74, 6) is 0.812. The van der Waals surface area contributed by atoms with Gasteiger partial charge in [-0.2, -0.15) is 11.8 Å². The number of rotatable bonds is 7. The highest BCUT2D eigenvalue weighted by atomic mass is 32.2. The van der Waals surface area contributed by atoms with Crippen LogP contribution >= 0.6 is 11.8 Å². The van der Waals surface area contributed by atoms with Crippen LogP contribution in [0.4, 0.5) is 15.8 Å². The number of carbonyl (C=O) groups excluding carboxylic acids is 1. The van der Waals surface area contributed by atoms with Crippen molar-refractivity contribution in [2.45, 2.75) is 6.54 Å². The minimum Gasteiger partial charge on any atom is -0.477 e. The molecule has 2 aromatic carbocycles. The second kappa shape index (κ2) is 9.52. The molecule has 1 aliphatic rings. The molecule has 1 fully saturated rings. The molecule has 9 heteroatoms. The fourth-order valence-electron chi connectivity index (χ4n) is 2.86. The van der Waals surface area contributed by atoms with Crippen molar-refractivity contribution in [3.63, 3.8) is 0 Å². The number of nitrogens with one attached hydrogen (secondary N) is 1. The summed E-state index contributed by atoms with van der Waals surface area (Å²) in [5, 5.41) is 13.7. The van der Waals surface area contributed by atoms with Crippen molar-refractivity contribution in [1.29, 1.82) is 0 Å². The van der Waals surface area contributed by atoms with E-state index < -0.39 is 28.9 Å². The molecule has 28 heavy (non-hydrogen) atoms. The molecule has 148 valence electrons. The Morgan fingerprint density at radius 2 is 2.04 bits per heavy atom. The van der Waals surface area contributed by atoms with Crippen LogP contribution < -0.4 is 10.1 Å². The number of hydrogen-bond donors (Lipinski definition) is 1. The van der Waals surface area contributed by atoms with Gasteiger partial charge in [0.2, 0.25) is 5.75 Å². The van der Waals surface area contributed by atoms with Gasteiger partial charge in [-0.3, -0.25) is 19.8 Å². The molecule has 0 radical (unpaired) electrons. The van der Waals surface area contributed by atoms with Gasteiger partial charge in [0.15, 0.2) is 6.61 Å². The fourth-order valence-corrected chi connectivity index (χ4v) is 3.84. The predicted molar refractivity (Wildman–Crippen MR) is 106 cm³/mol. The van der Waals surface area contributed by atoms with E-state index in [4.69, 9.17) is 4.74 Å². The lowest BCUT2D eigenvalue weighted by molar-refractivity contribution is -0.385. The number of benzene rings is 2. The van der Waals surface area contributed by atoms with Gasteiger partial charge in [0.25, 0.3) is 5.91 Å². The first-order valence-electron chi connectivity index (χ1n) is 8.77. The van der Waals surface area contributed by atoms with E-state index in [1.165, 1.54) is 0 Å². The van der Waals surface area contributed by atoms with Gasteiger partial charge in [-0.15, -0.1) is 0 Å². The second-order valence-electron chi connectivity index (χ2n) is 6.29. The van der Waals surface area contributed by atoms with Crippen LogP contribution in [0.25, 0.3) is 0 Å². The predicted octanol–water partition coefficient (Wildman–Crippen LogP) is 3.30. The fraction of sp³-hybridized carbons (Fsp3) is 0.316. The second-order valence-corrected chi connectivity index (χ2v) is 7.52. The monoisotopic (exact) mass is 405 g/mol. The quantitative estimate of drug-likeness (QED) is 0.562. The largest absolute Gasteiger partial charge is 0.477 e. The zero-order valence-corrected chi connectivity index (χ0v) is 15.9. The van der Waals surface area contributed by atoms with E-state index in [2.05, 4.69) is 10.2 Å². The van der Waals surface area contributed by atoms with Crippen molar-refractivity contribution in [2.24, 2.45) is 0 Å². The Morgan fingerprint density at radius 1 is 1.25 bits per heavy atom. The first kappa shape index (κ1) is 20.1. The molecule has 7 nitrogen and oxygen atoms in total. The maximum atomic E-state index is 13.3. The SMILES string of the molecule is O=C(COc1cc(F)ccc1[N+](=O)[O-])Nc1cccc(CN2CCSCC2)c1. The molecule has 0 saturated carbocycles. The van der Waals surface area contributed by atoms with Gasteiger partial charge in [0, 0.05) is 49.0 Å². The van der Waals surface area contributed by atoms with E-state index >= 15 is 0 Å². The third-order valence-corrected chi connectivity index (χ3v) is 5.14. The van der Waals surface area contributed by atoms with Gasteiger partial charge >= 0.3 is 5.69 Å². The lowest BCUT2D eigenvalue weighted by Gasteiger charge is -2.26. The molecule has 1 aliphatic heterocycles. The first-order valence-corrected chi connectivity index (χ1v) is 9.92. The van der Waals surface area contributed by atoms with Gasteiger partial charge in [0.1, 0.15) is 5.82 Å². The summed E-state index contributed by atoms with van der Waals surface area (Å²) < 4.78 is 18.5. The summed E-state index contributed by atoms with van der Waals surface area (Å²) in [6, 6.07) is 10.4. The molecule has 0 spiro atoms. The van der Waals surface area contributed by atoms with Gasteiger partial charge in [-0.25, -0.2) is 4.39 Å². The van der Waals surface area contributed by atoms with Crippen LogP contribution in [0.1, 0.15) is 5.56 Å². The number of thioether (sulfide) groups is 1. The average Bonchev–Trinajstić information content (AvgIpc) is 2.67. The van der Waals surface area contributed by atoms with Crippen LogP contribution in [0.15, 0.2) is 42.5 Å². The maximum Gasteiger partial charge on any atom is 0.311 e. The summed E-state index contributed by atoms with van der Waals surface area (Å²) in [6.45, 7) is 2.44. The number of nitro groups is 1. The third kappa shape index (κ3) is 5.67. The maximum absolute atomic E-state index is 13.3. The summed E-state index contributed by atoms with van der Waals surface area (Å²) in [5.41, 5.74) is 1.31. The molecule has 1 saturated heterocycles. The highest BCUT2D eigenvalue weighted by Crippen LogP contribution is 2.27. The topological polar surface area (TPSA) is 84.7 Å². The molecule has 0 unspecified atom stereocenters. The Hall–Kier alpha value is -2.65. The van der Waals surface area contributed by atoms with Crippen LogP contribution in [-0.2, 0) is 11.3 Å². The van der Waals surface area contributed by atoms with Gasteiger partial charge < -0.3 is 10.1 Å². The molecule has 1 N–H and O–H groups in total. The number of nitrogens with zero attached hydrogens (tertiary/aromatic N) is 2. The van der Waals surface area contributed by atoms with Crippen LogP contribution in [0.2, 0.25) is 0 Å². The number of carbonyl (C=O) groups is 1. The summed E-state index contributed by atoms with van der Waals surface area (Å²) in [6.07, 6.45) is 0. The van der Waals surface area contributed by atoms with Crippen molar-refractivity contribution in [1.82, 2.24) is 4.90 Å². The molecule has 1 heterocycles. The minimum atomic E-state index is -0.685. The average molecular weight is 405 g/mol. The standard InChI is InChI=1S/C19H20FN3O4S/c20-15-4-5-17(23(25)26)18(11-15)27-13-19(24)21-16-3-1-2-14(10-16)12-22-6-8-28-9-7-22/h1-5,10-11H,6-9,12-13H2,(H,21,24). The molecule has 3 rings (SSSR count). The number of anilines is 1. The lowest BCUT2D eigenvalue weighted by atomic mass is 10.2. The van der Waals surface area contributed by atoms with Gasteiger partial charge in [-0.1, -0.05) is 12.1 Å². The molecule has 0 atom stereocenters. The number of nitro benzene ring substituents is 1. The Balaban J connectivity index is 1.57. The minimum absolute atomic E-state index is 0.281. The van der Waals surface area contributed by atoms with Gasteiger partial charge in [0.05, 0.1) is 4.92 Å². The molecular weight excluding hydrogens is 385 g/mol. The van der Waals surface area contributed by atoms with E-state index in [9.17, 15) is 19.3 Å². The molecule has 2 aromatic rings. The molecule has 0 aliphatic carbocycles. The van der Waals surface area contributed by atoms with Crippen LogP contribution in [-0.4, -0.2) is 46.9 Å². The molecule has 0 bridgehead atoms. The van der Waals surface area contributed by atoms with E-state index in [1.807, 2.05) is 30.0 Å². The smallest absolute Gasteiger partial charge is 0.311 e. The van der Waals surface area contributed by atoms with Crippen molar-refractivity contribution >= 4 is 29.0 Å². The first-order chi connectivity index (χ1) is 13.5. The summed E-state index contributed by atoms with van der Waals surface area (Å²) >= 11 is 1.95. The number of amides is 1. The number of ether oxygens (including phenoxy) is 1. The third-order valence-electron chi connectivity index (χ3n) is 4.20. The normalized spacial score (nSPS) is 14.5. The van der Waals surface area contributed by atoms with E-state index in [1.54, 1.807) is 6.07 Å². The van der Waals surface area contributed by atoms with Crippen molar-refractivity contribution in [2.75, 3.05) is 36.5 Å². The number of halogens is 1. The number of hydrogen-bond acceptors (Lipinski definition) is 6. The molecular formula is C19H20FN3O4S. The Morgan fingerprint density at radius 3 is 2.79 bits per heavy atom. The van der Waals surface area contributed by atoms with E-state index in [0.29, 0.717) is 5.69 Å². The van der Waals surface area contributed by atoms with Gasteiger partial charge in [-0.05, 0) is 23.8 Å².